The Kier molecular flexibility index (Phi) is 5.98. The number of ketones is 1. The fraction of sp³-hybridized carbons (Fsp3) is 0.190. The predicted octanol–water partition coefficient (Wildman–Crippen LogP) is 3.87. The molecule has 2 aromatic carbocycles. The Morgan fingerprint density at radius 2 is 1.86 bits per heavy atom. The van der Waals surface area contributed by atoms with E-state index in [1.165, 1.54) is 43.5 Å². The zero-order valence-corrected chi connectivity index (χ0v) is 16.3. The lowest BCUT2D eigenvalue weighted by molar-refractivity contribution is -0.139. The molecule has 0 saturated heterocycles. The maximum absolute atomic E-state index is 13.0. The Hall–Kier alpha value is -3.19. The van der Waals surface area contributed by atoms with Crippen LogP contribution in [-0.2, 0) is 16.0 Å². The van der Waals surface area contributed by atoms with E-state index < -0.39 is 17.4 Å². The average Bonchev–Trinajstić information content (AvgIpc) is 2.70. The summed E-state index contributed by atoms with van der Waals surface area (Å²) in [6.07, 6.45) is -0.220. The Morgan fingerprint density at radius 3 is 2.52 bits per heavy atom. The van der Waals surface area contributed by atoms with Gasteiger partial charge in [-0.2, -0.15) is 0 Å². The Labute approximate surface area is 169 Å². The van der Waals surface area contributed by atoms with Crippen LogP contribution >= 0.6 is 11.6 Å². The molecule has 29 heavy (non-hydrogen) atoms. The van der Waals surface area contributed by atoms with E-state index in [0.29, 0.717) is 10.9 Å². The third kappa shape index (κ3) is 4.46. The van der Waals surface area contributed by atoms with Gasteiger partial charge in [-0.1, -0.05) is 11.6 Å². The summed E-state index contributed by atoms with van der Waals surface area (Å²) in [6, 6.07) is 8.02. The number of methoxy groups -OCH3 is 1. The number of carbonyl (C=O) groups excluding carboxylic acids is 2. The molecule has 6 nitrogen and oxygen atoms in total. The van der Waals surface area contributed by atoms with E-state index in [9.17, 15) is 18.8 Å². The minimum atomic E-state index is -0.670. The summed E-state index contributed by atoms with van der Waals surface area (Å²) in [5, 5.41) is 0.732. The van der Waals surface area contributed by atoms with Gasteiger partial charge in [0.05, 0.1) is 24.1 Å². The number of Topliss-reactive ketones (excluding diaryl/α,β-unsaturated/α-hetero) is 1. The molecular weight excluding hydrogens is 403 g/mol. The largest absolute Gasteiger partial charge is 0.484 e. The lowest BCUT2D eigenvalue weighted by Gasteiger charge is -2.11. The number of hydrogen-bond donors (Lipinski definition) is 0. The second-order valence-corrected chi connectivity index (χ2v) is 6.65. The second-order valence-electron chi connectivity index (χ2n) is 6.24. The van der Waals surface area contributed by atoms with Gasteiger partial charge in [-0.25, -0.2) is 9.18 Å². The van der Waals surface area contributed by atoms with Crippen LogP contribution in [0, 0.1) is 12.7 Å². The van der Waals surface area contributed by atoms with Gasteiger partial charge >= 0.3 is 11.6 Å². The minimum Gasteiger partial charge on any atom is -0.484 e. The number of hydrogen-bond acceptors (Lipinski definition) is 6. The molecule has 0 fully saturated rings. The van der Waals surface area contributed by atoms with Crippen molar-refractivity contribution in [2.75, 3.05) is 13.7 Å². The van der Waals surface area contributed by atoms with Crippen LogP contribution in [0.2, 0.25) is 5.02 Å². The molecule has 0 aliphatic carbocycles. The predicted molar refractivity (Wildman–Crippen MR) is 104 cm³/mol. The topological polar surface area (TPSA) is 82.8 Å². The molecule has 1 heterocycles. The van der Waals surface area contributed by atoms with Crippen LogP contribution in [0.3, 0.4) is 0 Å². The van der Waals surface area contributed by atoms with Crippen LogP contribution in [0.15, 0.2) is 45.6 Å². The van der Waals surface area contributed by atoms with Crippen LogP contribution in [-0.4, -0.2) is 25.5 Å². The molecular formula is C21H16ClFO6. The molecule has 3 rings (SSSR count). The Balaban J connectivity index is 1.88. The molecule has 150 valence electrons. The normalized spacial score (nSPS) is 10.8. The third-order valence-electron chi connectivity index (χ3n) is 4.41. The van der Waals surface area contributed by atoms with Gasteiger partial charge in [0.2, 0.25) is 0 Å². The maximum Gasteiger partial charge on any atom is 0.340 e. The average molecular weight is 419 g/mol. The van der Waals surface area contributed by atoms with Crippen LogP contribution < -0.4 is 10.4 Å². The summed E-state index contributed by atoms with van der Waals surface area (Å²) >= 11 is 6.25. The van der Waals surface area contributed by atoms with Gasteiger partial charge in [-0.05, 0) is 42.8 Å². The number of aryl methyl sites for hydroxylation is 1. The van der Waals surface area contributed by atoms with Gasteiger partial charge in [0.1, 0.15) is 17.1 Å². The van der Waals surface area contributed by atoms with Crippen molar-refractivity contribution in [2.45, 2.75) is 13.3 Å². The smallest absolute Gasteiger partial charge is 0.340 e. The lowest BCUT2D eigenvalue weighted by Crippen LogP contribution is -2.16. The molecule has 0 spiro atoms. The number of ether oxygens (including phenoxy) is 2. The molecule has 8 heteroatoms. The molecule has 0 radical (unpaired) electrons. The first-order valence-corrected chi connectivity index (χ1v) is 8.92. The van der Waals surface area contributed by atoms with Crippen LogP contribution in [0.5, 0.6) is 5.75 Å². The third-order valence-corrected chi connectivity index (χ3v) is 4.71. The Morgan fingerprint density at radius 1 is 1.17 bits per heavy atom. The van der Waals surface area contributed by atoms with E-state index in [4.69, 9.17) is 20.8 Å². The minimum absolute atomic E-state index is 0.151. The number of halogens is 2. The standard InChI is InChI=1S/C21H16ClFO6/c1-11-14-7-16(22)19(28-10-17(24)12-3-5-13(23)6-4-12)9-18(14)29-21(26)15(11)8-20(25)27-2/h3-7,9H,8,10H2,1-2H3. The zero-order chi connectivity index (χ0) is 21.1. The number of carbonyl (C=O) groups is 2. The van der Waals surface area contributed by atoms with Crippen molar-refractivity contribution in [3.63, 3.8) is 0 Å². The van der Waals surface area contributed by atoms with Gasteiger partial charge in [0, 0.05) is 17.0 Å². The summed E-state index contributed by atoms with van der Waals surface area (Å²) < 4.78 is 28.3. The van der Waals surface area contributed by atoms with Gasteiger partial charge < -0.3 is 13.9 Å². The molecule has 0 aliphatic heterocycles. The molecule has 0 aliphatic rings. The van der Waals surface area contributed by atoms with Crippen molar-refractivity contribution in [1.29, 1.82) is 0 Å². The summed E-state index contributed by atoms with van der Waals surface area (Å²) in [4.78, 5) is 36.0. The van der Waals surface area contributed by atoms with Crippen LogP contribution in [0.25, 0.3) is 11.0 Å². The molecule has 0 N–H and O–H groups in total. The van der Waals surface area contributed by atoms with Crippen molar-refractivity contribution in [3.05, 3.63) is 74.3 Å². The van der Waals surface area contributed by atoms with E-state index in [1.807, 2.05) is 0 Å². The van der Waals surface area contributed by atoms with Gasteiger partial charge in [0.25, 0.3) is 0 Å². The highest BCUT2D eigenvalue weighted by Gasteiger charge is 2.18. The summed E-state index contributed by atoms with van der Waals surface area (Å²) in [6.45, 7) is 1.34. The highest BCUT2D eigenvalue weighted by Crippen LogP contribution is 2.32. The van der Waals surface area contributed by atoms with Crippen molar-refractivity contribution in [1.82, 2.24) is 0 Å². The lowest BCUT2D eigenvalue weighted by atomic mass is 10.0. The van der Waals surface area contributed by atoms with Crippen molar-refractivity contribution in [3.8, 4) is 5.75 Å². The second kappa shape index (κ2) is 8.45. The Bertz CT molecular complexity index is 1150. The highest BCUT2D eigenvalue weighted by molar-refractivity contribution is 6.32. The molecule has 0 saturated carbocycles. The molecule has 0 bridgehead atoms. The fourth-order valence-corrected chi connectivity index (χ4v) is 3.00. The number of fused-ring (bicyclic) bond motifs is 1. The quantitative estimate of drug-likeness (QED) is 0.343. The molecule has 0 atom stereocenters. The molecule has 1 aromatic heterocycles. The first kappa shape index (κ1) is 20.5. The fourth-order valence-electron chi connectivity index (χ4n) is 2.78. The van der Waals surface area contributed by atoms with E-state index in [1.54, 1.807) is 6.92 Å². The van der Waals surface area contributed by atoms with Gasteiger partial charge in [-0.15, -0.1) is 0 Å². The van der Waals surface area contributed by atoms with E-state index in [2.05, 4.69) is 4.74 Å². The molecule has 0 unspecified atom stereocenters. The van der Waals surface area contributed by atoms with E-state index in [0.717, 1.165) is 0 Å². The van der Waals surface area contributed by atoms with Crippen molar-refractivity contribution >= 4 is 34.3 Å². The van der Waals surface area contributed by atoms with Crippen molar-refractivity contribution < 1.29 is 27.9 Å². The van der Waals surface area contributed by atoms with E-state index >= 15 is 0 Å². The summed E-state index contributed by atoms with van der Waals surface area (Å²) in [7, 11) is 1.23. The first-order valence-electron chi connectivity index (χ1n) is 8.54. The SMILES string of the molecule is COC(=O)Cc1c(C)c2cc(Cl)c(OCC(=O)c3ccc(F)cc3)cc2oc1=O. The number of esters is 1. The van der Waals surface area contributed by atoms with Gasteiger partial charge in [0.15, 0.2) is 12.4 Å². The highest BCUT2D eigenvalue weighted by atomic mass is 35.5. The number of benzene rings is 2. The van der Waals surface area contributed by atoms with Crippen molar-refractivity contribution in [2.24, 2.45) is 0 Å². The van der Waals surface area contributed by atoms with Crippen LogP contribution in [0.4, 0.5) is 4.39 Å². The van der Waals surface area contributed by atoms with E-state index in [-0.39, 0.29) is 46.3 Å². The monoisotopic (exact) mass is 418 g/mol. The first-order chi connectivity index (χ1) is 13.8. The molecule has 0 amide bonds. The van der Waals surface area contributed by atoms with Gasteiger partial charge in [-0.3, -0.25) is 9.59 Å². The number of rotatable bonds is 6. The zero-order valence-electron chi connectivity index (χ0n) is 15.6. The maximum atomic E-state index is 13.0. The summed E-state index contributed by atoms with van der Waals surface area (Å²) in [5.41, 5.74) is 0.544. The molecule has 3 aromatic rings. The summed E-state index contributed by atoms with van der Waals surface area (Å²) in [5.74, 6) is -1.23. The van der Waals surface area contributed by atoms with Crippen LogP contribution in [0.1, 0.15) is 21.5 Å².